The number of carbonyl (C=O) groups excluding carboxylic acids is 2. The molecule has 37 heavy (non-hydrogen) atoms. The van der Waals surface area contributed by atoms with E-state index < -0.39 is 28.5 Å². The Balaban J connectivity index is 1.90. The first-order chi connectivity index (χ1) is 17.7. The van der Waals surface area contributed by atoms with Gasteiger partial charge in [0.1, 0.15) is 24.1 Å². The fraction of sp³-hybridized carbons (Fsp3) is 0.481. The summed E-state index contributed by atoms with van der Waals surface area (Å²) in [6, 6.07) is 13.1. The van der Waals surface area contributed by atoms with Crippen molar-refractivity contribution >= 4 is 27.5 Å². The van der Waals surface area contributed by atoms with Gasteiger partial charge in [-0.3, -0.25) is 13.9 Å². The van der Waals surface area contributed by atoms with Gasteiger partial charge in [0.2, 0.25) is 21.8 Å². The molecule has 0 radical (unpaired) electrons. The fourth-order valence-electron chi connectivity index (χ4n) is 4.58. The molecule has 202 valence electrons. The minimum absolute atomic E-state index is 0.103. The molecule has 0 saturated heterocycles. The van der Waals surface area contributed by atoms with Gasteiger partial charge >= 0.3 is 0 Å². The van der Waals surface area contributed by atoms with Crippen molar-refractivity contribution in [2.45, 2.75) is 57.7 Å². The number of nitrogens with one attached hydrogen (secondary N) is 1. The van der Waals surface area contributed by atoms with Crippen molar-refractivity contribution in [1.29, 1.82) is 0 Å². The van der Waals surface area contributed by atoms with Crippen molar-refractivity contribution in [1.82, 2.24) is 10.2 Å². The molecule has 1 atom stereocenters. The molecule has 2 amide bonds. The molecule has 1 fully saturated rings. The normalized spacial score (nSPS) is 14.6. The molecule has 9 nitrogen and oxygen atoms in total. The molecule has 0 heterocycles. The highest BCUT2D eigenvalue weighted by molar-refractivity contribution is 7.92. The van der Waals surface area contributed by atoms with Crippen molar-refractivity contribution in [2.75, 3.05) is 31.3 Å². The molecule has 0 spiro atoms. The van der Waals surface area contributed by atoms with Gasteiger partial charge in [0.25, 0.3) is 0 Å². The number of rotatable bonds is 12. The van der Waals surface area contributed by atoms with E-state index in [1.54, 1.807) is 43.5 Å². The third-order valence-corrected chi connectivity index (χ3v) is 7.78. The first-order valence-electron chi connectivity index (χ1n) is 12.5. The van der Waals surface area contributed by atoms with Gasteiger partial charge in [0, 0.05) is 12.6 Å². The maximum Gasteiger partial charge on any atom is 0.244 e. The Kier molecular flexibility index (Phi) is 9.79. The highest BCUT2D eigenvalue weighted by Gasteiger charge is 2.33. The van der Waals surface area contributed by atoms with Gasteiger partial charge in [-0.1, -0.05) is 31.9 Å². The molecule has 2 aromatic rings. The average molecular weight is 532 g/mol. The van der Waals surface area contributed by atoms with Crippen LogP contribution < -0.4 is 19.1 Å². The Bertz CT molecular complexity index is 1150. The Morgan fingerprint density at radius 2 is 1.51 bits per heavy atom. The summed E-state index contributed by atoms with van der Waals surface area (Å²) in [6.07, 6.45) is 5.44. The largest absolute Gasteiger partial charge is 0.497 e. The Morgan fingerprint density at radius 1 is 0.973 bits per heavy atom. The average Bonchev–Trinajstić information content (AvgIpc) is 3.40. The molecule has 1 saturated carbocycles. The van der Waals surface area contributed by atoms with Crippen LogP contribution in [0.25, 0.3) is 0 Å². The summed E-state index contributed by atoms with van der Waals surface area (Å²) in [6.45, 7) is 1.57. The highest BCUT2D eigenvalue weighted by Crippen LogP contribution is 2.24. The van der Waals surface area contributed by atoms with E-state index in [2.05, 4.69) is 5.32 Å². The van der Waals surface area contributed by atoms with E-state index in [0.717, 1.165) is 41.8 Å². The third-order valence-electron chi connectivity index (χ3n) is 6.64. The van der Waals surface area contributed by atoms with Crippen LogP contribution in [0.5, 0.6) is 11.5 Å². The Labute approximate surface area is 219 Å². The quantitative estimate of drug-likeness (QED) is 0.451. The summed E-state index contributed by atoms with van der Waals surface area (Å²) < 4.78 is 36.9. The number of benzene rings is 2. The number of hydrogen-bond acceptors (Lipinski definition) is 6. The smallest absolute Gasteiger partial charge is 0.244 e. The first kappa shape index (κ1) is 28.3. The summed E-state index contributed by atoms with van der Waals surface area (Å²) in [5, 5.41) is 3.10. The molecule has 1 aliphatic carbocycles. The first-order valence-corrected chi connectivity index (χ1v) is 14.4. The van der Waals surface area contributed by atoms with Crippen molar-refractivity contribution in [3.05, 3.63) is 54.1 Å². The van der Waals surface area contributed by atoms with Crippen LogP contribution in [0.3, 0.4) is 0 Å². The second-order valence-corrected chi connectivity index (χ2v) is 11.2. The second-order valence-electron chi connectivity index (χ2n) is 9.25. The van der Waals surface area contributed by atoms with Crippen LogP contribution in [-0.2, 0) is 26.2 Å². The number of hydrogen-bond donors (Lipinski definition) is 1. The molecule has 1 unspecified atom stereocenters. The van der Waals surface area contributed by atoms with Gasteiger partial charge in [0.15, 0.2) is 0 Å². The van der Waals surface area contributed by atoms with Crippen molar-refractivity contribution in [3.63, 3.8) is 0 Å². The molecule has 1 aliphatic rings. The minimum Gasteiger partial charge on any atom is -0.497 e. The predicted molar refractivity (Wildman–Crippen MR) is 143 cm³/mol. The van der Waals surface area contributed by atoms with E-state index in [-0.39, 0.29) is 18.5 Å². The van der Waals surface area contributed by atoms with Crippen LogP contribution in [0.4, 0.5) is 5.69 Å². The summed E-state index contributed by atoms with van der Waals surface area (Å²) in [4.78, 5) is 28.6. The highest BCUT2D eigenvalue weighted by atomic mass is 32.2. The molecule has 0 aliphatic heterocycles. The Hall–Kier alpha value is -3.27. The summed E-state index contributed by atoms with van der Waals surface area (Å²) >= 11 is 0. The van der Waals surface area contributed by atoms with Crippen LogP contribution in [0.1, 0.15) is 44.6 Å². The zero-order valence-electron chi connectivity index (χ0n) is 22.0. The second kappa shape index (κ2) is 12.8. The number of sulfonamides is 1. The molecule has 0 aromatic heterocycles. The van der Waals surface area contributed by atoms with Crippen LogP contribution in [0, 0.1) is 0 Å². The minimum atomic E-state index is -3.79. The molecule has 0 bridgehead atoms. The van der Waals surface area contributed by atoms with Crippen LogP contribution in [0.15, 0.2) is 48.5 Å². The van der Waals surface area contributed by atoms with E-state index in [4.69, 9.17) is 9.47 Å². The lowest BCUT2D eigenvalue weighted by Gasteiger charge is -2.33. The van der Waals surface area contributed by atoms with Gasteiger partial charge in [-0.2, -0.15) is 0 Å². The third kappa shape index (κ3) is 7.61. The summed E-state index contributed by atoms with van der Waals surface area (Å²) in [5.74, 6) is 0.562. The standard InChI is InChI=1S/C27H37N3O6S/c1-5-25(27(32)28-21-8-6-7-9-21)29(18-20-10-14-23(35-2)15-11-20)26(31)19-30(37(4,33)34)22-12-16-24(36-3)17-13-22/h10-17,21,25H,5-9,18-19H2,1-4H3,(H,28,32). The van der Waals surface area contributed by atoms with Crippen molar-refractivity contribution in [3.8, 4) is 11.5 Å². The van der Waals surface area contributed by atoms with E-state index >= 15 is 0 Å². The predicted octanol–water partition coefficient (Wildman–Crippen LogP) is 3.34. The summed E-state index contributed by atoms with van der Waals surface area (Å²) in [5.41, 5.74) is 1.14. The molecular formula is C27H37N3O6S. The molecule has 1 N–H and O–H groups in total. The van der Waals surface area contributed by atoms with Crippen LogP contribution in [-0.4, -0.2) is 64.2 Å². The van der Waals surface area contributed by atoms with E-state index in [0.29, 0.717) is 23.6 Å². The topological polar surface area (TPSA) is 105 Å². The number of amides is 2. The van der Waals surface area contributed by atoms with Gasteiger partial charge in [-0.15, -0.1) is 0 Å². The number of ether oxygens (including phenoxy) is 2. The maximum absolute atomic E-state index is 13.8. The van der Waals surface area contributed by atoms with Crippen molar-refractivity contribution < 1.29 is 27.5 Å². The maximum atomic E-state index is 13.8. The summed E-state index contributed by atoms with van der Waals surface area (Å²) in [7, 11) is -0.698. The number of nitrogens with zero attached hydrogens (tertiary/aromatic N) is 2. The number of carbonyl (C=O) groups is 2. The van der Waals surface area contributed by atoms with E-state index in [1.807, 2.05) is 19.1 Å². The SMILES string of the molecule is CCC(C(=O)NC1CCCC1)N(Cc1ccc(OC)cc1)C(=O)CN(c1ccc(OC)cc1)S(C)(=O)=O. The Morgan fingerprint density at radius 3 is 2.00 bits per heavy atom. The molecular weight excluding hydrogens is 494 g/mol. The fourth-order valence-corrected chi connectivity index (χ4v) is 5.43. The lowest BCUT2D eigenvalue weighted by Crippen LogP contribution is -2.53. The number of anilines is 1. The van der Waals surface area contributed by atoms with Gasteiger partial charge < -0.3 is 19.7 Å². The van der Waals surface area contributed by atoms with Crippen LogP contribution >= 0.6 is 0 Å². The molecule has 2 aromatic carbocycles. The lowest BCUT2D eigenvalue weighted by molar-refractivity contribution is -0.140. The molecule has 10 heteroatoms. The zero-order chi connectivity index (χ0) is 27.0. The van der Waals surface area contributed by atoms with Crippen molar-refractivity contribution in [2.24, 2.45) is 0 Å². The van der Waals surface area contributed by atoms with E-state index in [9.17, 15) is 18.0 Å². The number of methoxy groups -OCH3 is 2. The lowest BCUT2D eigenvalue weighted by atomic mass is 10.1. The van der Waals surface area contributed by atoms with Gasteiger partial charge in [0.05, 0.1) is 26.2 Å². The van der Waals surface area contributed by atoms with Gasteiger partial charge in [-0.25, -0.2) is 8.42 Å². The molecule has 3 rings (SSSR count). The monoisotopic (exact) mass is 531 g/mol. The van der Waals surface area contributed by atoms with Gasteiger partial charge in [-0.05, 0) is 61.2 Å². The van der Waals surface area contributed by atoms with E-state index in [1.165, 1.54) is 12.0 Å². The van der Waals surface area contributed by atoms with Crippen LogP contribution in [0.2, 0.25) is 0 Å². The zero-order valence-corrected chi connectivity index (χ0v) is 22.8.